The van der Waals surface area contributed by atoms with E-state index in [2.05, 4.69) is 4.98 Å². The number of hydrogen-bond donors (Lipinski definition) is 0. The van der Waals surface area contributed by atoms with Gasteiger partial charge in [0.1, 0.15) is 11.3 Å². The highest BCUT2D eigenvalue weighted by Gasteiger charge is 2.13. The molecule has 0 spiro atoms. The number of rotatable bonds is 1. The molecule has 0 bridgehead atoms. The Morgan fingerprint density at radius 1 is 1.12 bits per heavy atom. The normalized spacial score (nSPS) is 10.9. The average molecular weight is 247 g/mol. The van der Waals surface area contributed by atoms with E-state index in [0.717, 1.165) is 0 Å². The lowest BCUT2D eigenvalue weighted by Crippen LogP contribution is -1.87. The van der Waals surface area contributed by atoms with Gasteiger partial charge in [0.25, 0.3) is 0 Å². The second-order valence-corrected chi connectivity index (χ2v) is 4.13. The molecule has 0 radical (unpaired) electrons. The van der Waals surface area contributed by atoms with Gasteiger partial charge in [-0.05, 0) is 24.3 Å². The maximum atomic E-state index is 14.1. The van der Waals surface area contributed by atoms with Gasteiger partial charge in [-0.2, -0.15) is 4.39 Å². The number of hydrogen-bond acceptors (Lipinski definition) is 1. The molecule has 2 nitrogen and oxygen atoms in total. The minimum atomic E-state index is -0.372. The summed E-state index contributed by atoms with van der Waals surface area (Å²) >= 11 is 5.89. The fraction of sp³-hybridized carbons (Fsp3) is 0. The van der Waals surface area contributed by atoms with Gasteiger partial charge in [-0.25, -0.2) is 4.98 Å². The Labute approximate surface area is 102 Å². The molecule has 0 atom stereocenters. The van der Waals surface area contributed by atoms with E-state index in [4.69, 9.17) is 11.6 Å². The van der Waals surface area contributed by atoms with Crippen LogP contribution in [0.5, 0.6) is 0 Å². The summed E-state index contributed by atoms with van der Waals surface area (Å²) in [4.78, 5) is 4.25. The third-order valence-electron chi connectivity index (χ3n) is 2.57. The van der Waals surface area contributed by atoms with Gasteiger partial charge < -0.3 is 0 Å². The lowest BCUT2D eigenvalue weighted by atomic mass is 10.2. The van der Waals surface area contributed by atoms with Crippen LogP contribution < -0.4 is 0 Å². The molecule has 3 aromatic rings. The van der Waals surface area contributed by atoms with Crippen LogP contribution in [0.3, 0.4) is 0 Å². The molecule has 0 aliphatic rings. The molecule has 2 heterocycles. The van der Waals surface area contributed by atoms with Crippen molar-refractivity contribution < 1.29 is 4.39 Å². The Bertz CT molecular complexity index is 691. The van der Waals surface area contributed by atoms with Crippen molar-refractivity contribution in [3.8, 4) is 11.3 Å². The lowest BCUT2D eigenvalue weighted by Gasteiger charge is -1.97. The average Bonchev–Trinajstić information content (AvgIpc) is 2.68. The Hall–Kier alpha value is -1.87. The molecule has 0 aliphatic heterocycles. The predicted octanol–water partition coefficient (Wildman–Crippen LogP) is 3.79. The van der Waals surface area contributed by atoms with Crippen molar-refractivity contribution in [2.24, 2.45) is 0 Å². The highest BCUT2D eigenvalue weighted by Crippen LogP contribution is 2.25. The molecular weight excluding hydrogens is 239 g/mol. The first-order valence-corrected chi connectivity index (χ1v) is 5.52. The van der Waals surface area contributed by atoms with E-state index in [9.17, 15) is 4.39 Å². The van der Waals surface area contributed by atoms with Crippen LogP contribution in [0, 0.1) is 5.95 Å². The first-order valence-electron chi connectivity index (χ1n) is 5.14. The Morgan fingerprint density at radius 2 is 2.00 bits per heavy atom. The SMILES string of the molecule is Fc1c(-c2cccc(Cl)c2)nc2ccccn12. The third-order valence-corrected chi connectivity index (χ3v) is 2.80. The maximum Gasteiger partial charge on any atom is 0.225 e. The molecule has 0 aliphatic carbocycles. The van der Waals surface area contributed by atoms with E-state index in [-0.39, 0.29) is 5.95 Å². The summed E-state index contributed by atoms with van der Waals surface area (Å²) in [5.74, 6) is -0.372. The zero-order chi connectivity index (χ0) is 11.8. The van der Waals surface area contributed by atoms with Crippen LogP contribution in [0.25, 0.3) is 16.9 Å². The highest BCUT2D eigenvalue weighted by molar-refractivity contribution is 6.30. The Kier molecular flexibility index (Phi) is 2.34. The van der Waals surface area contributed by atoms with E-state index in [1.165, 1.54) is 4.40 Å². The summed E-state index contributed by atoms with van der Waals surface area (Å²) in [6.07, 6.45) is 1.64. The smallest absolute Gasteiger partial charge is 0.225 e. The van der Waals surface area contributed by atoms with E-state index in [0.29, 0.717) is 21.9 Å². The number of aromatic nitrogens is 2. The fourth-order valence-electron chi connectivity index (χ4n) is 1.79. The number of halogens is 2. The molecule has 4 heteroatoms. The number of imidazole rings is 1. The molecule has 84 valence electrons. The van der Waals surface area contributed by atoms with Gasteiger partial charge in [0.15, 0.2) is 0 Å². The summed E-state index contributed by atoms with van der Waals surface area (Å²) in [7, 11) is 0. The first kappa shape index (κ1) is 10.3. The van der Waals surface area contributed by atoms with Crippen molar-refractivity contribution in [3.05, 3.63) is 59.6 Å². The van der Waals surface area contributed by atoms with Gasteiger partial charge in [-0.1, -0.05) is 29.8 Å². The van der Waals surface area contributed by atoms with Crippen LogP contribution in [0.4, 0.5) is 4.39 Å². The fourth-order valence-corrected chi connectivity index (χ4v) is 1.98. The number of nitrogens with zero attached hydrogens (tertiary/aromatic N) is 2. The van der Waals surface area contributed by atoms with Crippen LogP contribution in [-0.2, 0) is 0 Å². The second kappa shape index (κ2) is 3.86. The van der Waals surface area contributed by atoms with Crippen molar-refractivity contribution in [2.75, 3.05) is 0 Å². The molecule has 1 aromatic carbocycles. The van der Waals surface area contributed by atoms with Gasteiger partial charge in [0.05, 0.1) is 0 Å². The topological polar surface area (TPSA) is 17.3 Å². The quantitative estimate of drug-likeness (QED) is 0.639. The Morgan fingerprint density at radius 3 is 2.76 bits per heavy atom. The zero-order valence-electron chi connectivity index (χ0n) is 8.77. The van der Waals surface area contributed by atoms with Crippen LogP contribution in [0.2, 0.25) is 5.02 Å². The van der Waals surface area contributed by atoms with Crippen molar-refractivity contribution in [3.63, 3.8) is 0 Å². The number of benzene rings is 1. The Balaban J connectivity index is 2.27. The van der Waals surface area contributed by atoms with Crippen LogP contribution in [0.15, 0.2) is 48.7 Å². The monoisotopic (exact) mass is 246 g/mol. The molecule has 0 unspecified atom stereocenters. The van der Waals surface area contributed by atoms with Gasteiger partial charge in [-0.15, -0.1) is 0 Å². The second-order valence-electron chi connectivity index (χ2n) is 3.69. The molecular formula is C13H8ClFN2. The van der Waals surface area contributed by atoms with Crippen LogP contribution in [-0.4, -0.2) is 9.38 Å². The standard InChI is InChI=1S/C13H8ClFN2/c14-10-5-3-4-9(8-10)12-13(15)17-7-2-1-6-11(17)16-12/h1-8H. The van der Waals surface area contributed by atoms with Crippen molar-refractivity contribution in [1.29, 1.82) is 0 Å². The summed E-state index contributed by atoms with van der Waals surface area (Å²) in [5.41, 5.74) is 1.58. The summed E-state index contributed by atoms with van der Waals surface area (Å²) in [6, 6.07) is 12.4. The van der Waals surface area contributed by atoms with Gasteiger partial charge in [0.2, 0.25) is 5.95 Å². The summed E-state index contributed by atoms with van der Waals surface area (Å²) in [5, 5.41) is 0.568. The van der Waals surface area contributed by atoms with Crippen LogP contribution in [0.1, 0.15) is 0 Å². The van der Waals surface area contributed by atoms with Gasteiger partial charge in [0, 0.05) is 16.8 Å². The molecule has 0 fully saturated rings. The lowest BCUT2D eigenvalue weighted by molar-refractivity contribution is 0.576. The zero-order valence-corrected chi connectivity index (χ0v) is 9.53. The largest absolute Gasteiger partial charge is 0.276 e. The van der Waals surface area contributed by atoms with Gasteiger partial charge >= 0.3 is 0 Å². The van der Waals surface area contributed by atoms with Crippen molar-refractivity contribution >= 4 is 17.2 Å². The minimum absolute atomic E-state index is 0.318. The maximum absolute atomic E-state index is 14.1. The third kappa shape index (κ3) is 1.68. The molecule has 3 rings (SSSR count). The van der Waals surface area contributed by atoms with Crippen molar-refractivity contribution in [2.45, 2.75) is 0 Å². The van der Waals surface area contributed by atoms with E-state index in [1.54, 1.807) is 42.6 Å². The molecule has 0 N–H and O–H groups in total. The first-order chi connectivity index (χ1) is 8.25. The highest BCUT2D eigenvalue weighted by atomic mass is 35.5. The van der Waals surface area contributed by atoms with E-state index in [1.807, 2.05) is 6.07 Å². The summed E-state index contributed by atoms with van der Waals surface area (Å²) in [6.45, 7) is 0. The van der Waals surface area contributed by atoms with Crippen LogP contribution >= 0.6 is 11.6 Å². The summed E-state index contributed by atoms with van der Waals surface area (Å²) < 4.78 is 15.5. The minimum Gasteiger partial charge on any atom is -0.276 e. The van der Waals surface area contributed by atoms with E-state index < -0.39 is 0 Å². The number of pyridine rings is 1. The number of fused-ring (bicyclic) bond motifs is 1. The van der Waals surface area contributed by atoms with Crippen molar-refractivity contribution in [1.82, 2.24) is 9.38 Å². The molecule has 2 aromatic heterocycles. The van der Waals surface area contributed by atoms with Gasteiger partial charge in [-0.3, -0.25) is 4.40 Å². The predicted molar refractivity (Wildman–Crippen MR) is 65.6 cm³/mol. The molecule has 0 saturated carbocycles. The molecule has 0 saturated heterocycles. The molecule has 17 heavy (non-hydrogen) atoms. The molecule has 0 amide bonds. The van der Waals surface area contributed by atoms with E-state index >= 15 is 0 Å².